The molecule has 0 heterocycles. The minimum absolute atomic E-state index is 0.00172. The van der Waals surface area contributed by atoms with E-state index in [0.29, 0.717) is 29.4 Å². The quantitative estimate of drug-likeness (QED) is 0.828. The third kappa shape index (κ3) is 4.87. The predicted octanol–water partition coefficient (Wildman–Crippen LogP) is 1.46. The maximum Gasteiger partial charge on any atom is 0.238 e. The number of nitrogens with one attached hydrogen (secondary N) is 1. The Hall–Kier alpha value is -1.61. The van der Waals surface area contributed by atoms with Gasteiger partial charge in [0.1, 0.15) is 6.07 Å². The highest BCUT2D eigenvalue weighted by Gasteiger charge is 2.11. The van der Waals surface area contributed by atoms with Crippen molar-refractivity contribution >= 4 is 23.2 Å². The Morgan fingerprint density at radius 2 is 2.32 bits per heavy atom. The third-order valence-corrected chi connectivity index (χ3v) is 2.84. The lowest BCUT2D eigenvalue weighted by Gasteiger charge is -2.18. The summed E-state index contributed by atoms with van der Waals surface area (Å²) in [5.74, 6) is -0.242. The molecule has 19 heavy (non-hydrogen) atoms. The summed E-state index contributed by atoms with van der Waals surface area (Å²) in [5.41, 5.74) is 0.767. The summed E-state index contributed by atoms with van der Waals surface area (Å²) in [4.78, 5) is 13.6. The molecule has 1 aromatic rings. The van der Waals surface area contributed by atoms with Gasteiger partial charge in [0.15, 0.2) is 0 Å². The summed E-state index contributed by atoms with van der Waals surface area (Å²) in [6.45, 7) is 3.17. The number of anilines is 1. The highest BCUT2D eigenvalue weighted by atomic mass is 35.5. The van der Waals surface area contributed by atoms with E-state index >= 15 is 0 Å². The first-order chi connectivity index (χ1) is 9.10. The molecule has 0 spiro atoms. The first-order valence-electron chi connectivity index (χ1n) is 5.93. The van der Waals surface area contributed by atoms with E-state index in [9.17, 15) is 4.79 Å². The van der Waals surface area contributed by atoms with Gasteiger partial charge in [0.2, 0.25) is 5.91 Å². The van der Waals surface area contributed by atoms with Gasteiger partial charge >= 0.3 is 0 Å². The maximum atomic E-state index is 11.8. The van der Waals surface area contributed by atoms with Crippen molar-refractivity contribution in [3.05, 3.63) is 28.8 Å². The lowest BCUT2D eigenvalue weighted by atomic mass is 10.2. The second kappa shape index (κ2) is 7.74. The van der Waals surface area contributed by atoms with Crippen LogP contribution in [-0.2, 0) is 4.79 Å². The zero-order valence-electron chi connectivity index (χ0n) is 10.7. The molecule has 0 aliphatic heterocycles. The van der Waals surface area contributed by atoms with Crippen molar-refractivity contribution in [2.24, 2.45) is 0 Å². The van der Waals surface area contributed by atoms with Gasteiger partial charge in [-0.3, -0.25) is 9.69 Å². The van der Waals surface area contributed by atoms with E-state index < -0.39 is 0 Å². The number of carbonyl (C=O) groups excluding carboxylic acids is 1. The topological polar surface area (TPSA) is 76.4 Å². The summed E-state index contributed by atoms with van der Waals surface area (Å²) in [5, 5.41) is 20.9. The van der Waals surface area contributed by atoms with Crippen LogP contribution in [0.25, 0.3) is 0 Å². The molecule has 2 N–H and O–H groups in total. The number of hydrogen-bond acceptors (Lipinski definition) is 4. The molecule has 0 radical (unpaired) electrons. The zero-order chi connectivity index (χ0) is 14.3. The van der Waals surface area contributed by atoms with Crippen molar-refractivity contribution in [3.8, 4) is 6.07 Å². The first-order valence-corrected chi connectivity index (χ1v) is 6.31. The highest BCUT2D eigenvalue weighted by molar-refractivity contribution is 6.31. The number of aliphatic hydroxyl groups excluding tert-OH is 1. The fraction of sp³-hybridized carbons (Fsp3) is 0.385. The van der Waals surface area contributed by atoms with E-state index in [2.05, 4.69) is 5.32 Å². The predicted molar refractivity (Wildman–Crippen MR) is 74.0 cm³/mol. The molecule has 1 amide bonds. The molecule has 0 aromatic heterocycles. The lowest BCUT2D eigenvalue weighted by molar-refractivity contribution is -0.117. The molecule has 0 bridgehead atoms. The van der Waals surface area contributed by atoms with Gasteiger partial charge < -0.3 is 10.4 Å². The summed E-state index contributed by atoms with van der Waals surface area (Å²) in [6.07, 6.45) is 0. The van der Waals surface area contributed by atoms with Gasteiger partial charge in [0, 0.05) is 11.6 Å². The van der Waals surface area contributed by atoms with E-state index in [1.54, 1.807) is 23.1 Å². The molecule has 1 rings (SSSR count). The van der Waals surface area contributed by atoms with Gasteiger partial charge in [0.25, 0.3) is 0 Å². The Labute approximate surface area is 117 Å². The Bertz CT molecular complexity index is 485. The molecule has 0 saturated heterocycles. The molecule has 0 fully saturated rings. The summed E-state index contributed by atoms with van der Waals surface area (Å²) in [7, 11) is 0. The van der Waals surface area contributed by atoms with Gasteiger partial charge in [-0.1, -0.05) is 18.5 Å². The average Bonchev–Trinajstić information content (AvgIpc) is 2.38. The standard InChI is InChI=1S/C13H16ClN3O2/c1-2-17(5-6-18)9-13(19)16-12-7-11(14)4-3-10(12)8-15/h3-4,7,18H,2,5-6,9H2,1H3,(H,16,19). The molecule has 0 saturated carbocycles. The molecule has 5 nitrogen and oxygen atoms in total. The van der Waals surface area contributed by atoms with Crippen LogP contribution >= 0.6 is 11.6 Å². The van der Waals surface area contributed by atoms with Crippen LogP contribution < -0.4 is 5.32 Å². The second-order valence-electron chi connectivity index (χ2n) is 3.94. The van der Waals surface area contributed by atoms with Crippen LogP contribution in [0.4, 0.5) is 5.69 Å². The summed E-state index contributed by atoms with van der Waals surface area (Å²) in [6, 6.07) is 6.69. The average molecular weight is 282 g/mol. The maximum absolute atomic E-state index is 11.8. The minimum atomic E-state index is -0.242. The molecule has 0 aliphatic carbocycles. The molecule has 102 valence electrons. The van der Waals surface area contributed by atoms with Crippen molar-refractivity contribution in [1.82, 2.24) is 4.90 Å². The number of nitriles is 1. The minimum Gasteiger partial charge on any atom is -0.395 e. The number of carbonyl (C=O) groups is 1. The summed E-state index contributed by atoms with van der Waals surface area (Å²) >= 11 is 5.84. The van der Waals surface area contributed by atoms with Crippen molar-refractivity contribution in [3.63, 3.8) is 0 Å². The van der Waals surface area contributed by atoms with E-state index in [0.717, 1.165) is 0 Å². The number of likely N-dealkylation sites (N-methyl/N-ethyl adjacent to an activating group) is 1. The number of amides is 1. The van der Waals surface area contributed by atoms with Crippen LogP contribution in [0.15, 0.2) is 18.2 Å². The van der Waals surface area contributed by atoms with Crippen molar-refractivity contribution in [2.75, 3.05) is 31.6 Å². The Morgan fingerprint density at radius 1 is 1.58 bits per heavy atom. The van der Waals surface area contributed by atoms with Crippen LogP contribution in [0.2, 0.25) is 5.02 Å². The van der Waals surface area contributed by atoms with Crippen LogP contribution in [-0.4, -0.2) is 42.2 Å². The largest absolute Gasteiger partial charge is 0.395 e. The fourth-order valence-electron chi connectivity index (χ4n) is 1.60. The lowest BCUT2D eigenvalue weighted by Crippen LogP contribution is -2.35. The number of benzene rings is 1. The SMILES string of the molecule is CCN(CCO)CC(=O)Nc1cc(Cl)ccc1C#N. The zero-order valence-corrected chi connectivity index (χ0v) is 11.4. The molecule has 0 aliphatic rings. The van der Waals surface area contributed by atoms with Gasteiger partial charge in [0.05, 0.1) is 24.4 Å². The van der Waals surface area contributed by atoms with Gasteiger partial charge in [-0.25, -0.2) is 0 Å². The van der Waals surface area contributed by atoms with E-state index in [1.165, 1.54) is 0 Å². The van der Waals surface area contributed by atoms with Crippen LogP contribution in [0.3, 0.4) is 0 Å². The van der Waals surface area contributed by atoms with Crippen molar-refractivity contribution < 1.29 is 9.90 Å². The van der Waals surface area contributed by atoms with Crippen LogP contribution in [0.1, 0.15) is 12.5 Å². The number of nitrogens with zero attached hydrogens (tertiary/aromatic N) is 2. The number of hydrogen-bond donors (Lipinski definition) is 2. The second-order valence-corrected chi connectivity index (χ2v) is 4.38. The Kier molecular flexibility index (Phi) is 6.30. The van der Waals surface area contributed by atoms with Gasteiger partial charge in [-0.05, 0) is 24.7 Å². The molecule has 6 heteroatoms. The normalized spacial score (nSPS) is 10.3. The van der Waals surface area contributed by atoms with Gasteiger partial charge in [-0.15, -0.1) is 0 Å². The molecular weight excluding hydrogens is 266 g/mol. The highest BCUT2D eigenvalue weighted by Crippen LogP contribution is 2.20. The van der Waals surface area contributed by atoms with Gasteiger partial charge in [-0.2, -0.15) is 5.26 Å². The number of halogens is 1. The van der Waals surface area contributed by atoms with Crippen LogP contribution in [0, 0.1) is 11.3 Å². The number of aliphatic hydroxyl groups is 1. The van der Waals surface area contributed by atoms with E-state index in [-0.39, 0.29) is 19.1 Å². The fourth-order valence-corrected chi connectivity index (χ4v) is 1.77. The number of rotatable bonds is 6. The first kappa shape index (κ1) is 15.4. The van der Waals surface area contributed by atoms with Crippen LogP contribution in [0.5, 0.6) is 0 Å². The molecule has 0 unspecified atom stereocenters. The smallest absolute Gasteiger partial charge is 0.238 e. The molecule has 1 aromatic carbocycles. The monoisotopic (exact) mass is 281 g/mol. The van der Waals surface area contributed by atoms with E-state index in [4.69, 9.17) is 22.0 Å². The summed E-state index contributed by atoms with van der Waals surface area (Å²) < 4.78 is 0. The molecular formula is C13H16ClN3O2. The van der Waals surface area contributed by atoms with Crippen molar-refractivity contribution in [1.29, 1.82) is 5.26 Å². The molecule has 0 atom stereocenters. The van der Waals surface area contributed by atoms with Crippen molar-refractivity contribution in [2.45, 2.75) is 6.92 Å². The Balaban J connectivity index is 2.71. The Morgan fingerprint density at radius 3 is 2.89 bits per heavy atom. The third-order valence-electron chi connectivity index (χ3n) is 2.61. The van der Waals surface area contributed by atoms with E-state index in [1.807, 2.05) is 13.0 Å².